The number of aromatic amines is 1. The van der Waals surface area contributed by atoms with Crippen molar-refractivity contribution in [3.05, 3.63) is 76.3 Å². The fourth-order valence-corrected chi connectivity index (χ4v) is 5.87. The van der Waals surface area contributed by atoms with Crippen LogP contribution >= 0.6 is 0 Å². The number of rotatable bonds is 6. The molecule has 1 unspecified atom stereocenters. The van der Waals surface area contributed by atoms with Gasteiger partial charge >= 0.3 is 0 Å². The van der Waals surface area contributed by atoms with Crippen LogP contribution in [-0.2, 0) is 0 Å². The summed E-state index contributed by atoms with van der Waals surface area (Å²) in [5, 5.41) is 14.0. The summed E-state index contributed by atoms with van der Waals surface area (Å²) >= 11 is 0. The van der Waals surface area contributed by atoms with Crippen molar-refractivity contribution in [3.63, 3.8) is 0 Å². The van der Waals surface area contributed by atoms with Gasteiger partial charge in [-0.05, 0) is 59.7 Å². The number of piperazine rings is 1. The monoisotopic (exact) mass is 499 g/mol. The van der Waals surface area contributed by atoms with Gasteiger partial charge in [0.1, 0.15) is 11.8 Å². The zero-order valence-corrected chi connectivity index (χ0v) is 21.2. The minimum absolute atomic E-state index is 0.105. The maximum Gasteiger partial charge on any atom is 0.253 e. The molecule has 4 aromatic rings. The van der Waals surface area contributed by atoms with Crippen molar-refractivity contribution in [2.24, 2.45) is 0 Å². The van der Waals surface area contributed by atoms with E-state index >= 15 is 0 Å². The van der Waals surface area contributed by atoms with Crippen molar-refractivity contribution < 1.29 is 4.74 Å². The quantitative estimate of drug-likeness (QED) is 0.430. The number of nitrogens with one attached hydrogen (secondary N) is 1. The zero-order chi connectivity index (χ0) is 25.2. The highest BCUT2D eigenvalue weighted by Crippen LogP contribution is 2.34. The first-order valence-electron chi connectivity index (χ1n) is 13.2. The SMILES string of the molecule is COc1ccc2[nH]c(=O)c(C(c3nnnn3C3CCCCC3)N3CCN(c4ccccc4)CC3)cc2c1. The van der Waals surface area contributed by atoms with Crippen molar-refractivity contribution in [1.29, 1.82) is 0 Å². The number of ether oxygens (including phenoxy) is 1. The summed E-state index contributed by atoms with van der Waals surface area (Å²) in [4.78, 5) is 21.4. The maximum atomic E-state index is 13.5. The minimum atomic E-state index is -0.339. The number of para-hydroxylation sites is 1. The van der Waals surface area contributed by atoms with Crippen LogP contribution in [0.2, 0.25) is 0 Å². The van der Waals surface area contributed by atoms with E-state index in [1.165, 1.54) is 24.9 Å². The Kier molecular flexibility index (Phi) is 6.61. The van der Waals surface area contributed by atoms with E-state index in [2.05, 4.69) is 54.6 Å². The van der Waals surface area contributed by atoms with E-state index in [0.717, 1.165) is 61.5 Å². The van der Waals surface area contributed by atoms with Gasteiger partial charge in [-0.15, -0.1) is 5.10 Å². The van der Waals surface area contributed by atoms with E-state index in [-0.39, 0.29) is 17.6 Å². The second kappa shape index (κ2) is 10.3. The van der Waals surface area contributed by atoms with Crippen LogP contribution < -0.4 is 15.2 Å². The third-order valence-corrected chi connectivity index (χ3v) is 7.86. The van der Waals surface area contributed by atoms with Crippen molar-refractivity contribution in [1.82, 2.24) is 30.1 Å². The van der Waals surface area contributed by atoms with E-state index in [1.807, 2.05) is 35.0 Å². The zero-order valence-electron chi connectivity index (χ0n) is 21.2. The summed E-state index contributed by atoms with van der Waals surface area (Å²) in [6.45, 7) is 3.33. The molecule has 192 valence electrons. The fraction of sp³-hybridized carbons (Fsp3) is 0.429. The molecular weight excluding hydrogens is 466 g/mol. The van der Waals surface area contributed by atoms with Crippen LogP contribution in [0.4, 0.5) is 5.69 Å². The summed E-state index contributed by atoms with van der Waals surface area (Å²) in [5.74, 6) is 1.51. The van der Waals surface area contributed by atoms with Crippen molar-refractivity contribution in [2.75, 3.05) is 38.2 Å². The van der Waals surface area contributed by atoms with Gasteiger partial charge in [0.2, 0.25) is 0 Å². The molecule has 1 saturated heterocycles. The Bertz CT molecular complexity index is 1400. The van der Waals surface area contributed by atoms with Gasteiger partial charge in [-0.25, -0.2) is 4.68 Å². The number of anilines is 1. The van der Waals surface area contributed by atoms with E-state index in [4.69, 9.17) is 4.74 Å². The van der Waals surface area contributed by atoms with Gasteiger partial charge in [0.05, 0.1) is 13.2 Å². The van der Waals surface area contributed by atoms with E-state index < -0.39 is 0 Å². The van der Waals surface area contributed by atoms with Crippen LogP contribution in [0.15, 0.2) is 59.4 Å². The van der Waals surface area contributed by atoms with Gasteiger partial charge in [-0.1, -0.05) is 37.5 Å². The lowest BCUT2D eigenvalue weighted by Gasteiger charge is -2.40. The van der Waals surface area contributed by atoms with Gasteiger partial charge in [0, 0.05) is 48.3 Å². The largest absolute Gasteiger partial charge is 0.497 e. The standard InChI is InChI=1S/C28H33N7O2/c1-37-23-12-13-25-20(18-23)19-24(28(36)29-25)26(27-30-31-32-35(27)22-10-6-3-7-11-22)34-16-14-33(15-17-34)21-8-4-2-5-9-21/h2,4-5,8-9,12-13,18-19,22,26H,3,6-7,10-11,14-17H2,1H3,(H,29,36). The average Bonchev–Trinajstić information content (AvgIpc) is 3.44. The van der Waals surface area contributed by atoms with Gasteiger partial charge in [-0.2, -0.15) is 0 Å². The predicted molar refractivity (Wildman–Crippen MR) is 143 cm³/mol. The van der Waals surface area contributed by atoms with Gasteiger partial charge < -0.3 is 14.6 Å². The van der Waals surface area contributed by atoms with E-state index in [0.29, 0.717) is 5.56 Å². The van der Waals surface area contributed by atoms with Gasteiger partial charge in [0.15, 0.2) is 5.82 Å². The summed E-state index contributed by atoms with van der Waals surface area (Å²) in [5.41, 5.74) is 2.57. The molecule has 37 heavy (non-hydrogen) atoms. The highest BCUT2D eigenvalue weighted by Gasteiger charge is 2.34. The fourth-order valence-electron chi connectivity index (χ4n) is 5.87. The Morgan fingerprint density at radius 3 is 2.51 bits per heavy atom. The topological polar surface area (TPSA) is 92.2 Å². The molecule has 1 N–H and O–H groups in total. The van der Waals surface area contributed by atoms with Crippen LogP contribution in [0.1, 0.15) is 55.6 Å². The summed E-state index contributed by atoms with van der Waals surface area (Å²) in [6.07, 6.45) is 5.75. The van der Waals surface area contributed by atoms with Crippen LogP contribution in [0, 0.1) is 0 Å². The molecule has 0 bridgehead atoms. The minimum Gasteiger partial charge on any atom is -0.497 e. The number of hydrogen-bond donors (Lipinski definition) is 1. The Balaban J connectivity index is 1.40. The second-order valence-corrected chi connectivity index (χ2v) is 10.0. The van der Waals surface area contributed by atoms with Crippen molar-refractivity contribution in [3.8, 4) is 5.75 Å². The van der Waals surface area contributed by atoms with Crippen molar-refractivity contribution >= 4 is 16.6 Å². The molecule has 1 aliphatic heterocycles. The molecule has 1 aliphatic carbocycles. The Hall–Kier alpha value is -3.72. The number of fused-ring (bicyclic) bond motifs is 1. The Morgan fingerprint density at radius 2 is 1.76 bits per heavy atom. The lowest BCUT2D eigenvalue weighted by atomic mass is 9.95. The maximum absolute atomic E-state index is 13.5. The van der Waals surface area contributed by atoms with Crippen LogP contribution in [0.3, 0.4) is 0 Å². The first-order valence-corrected chi connectivity index (χ1v) is 13.2. The summed E-state index contributed by atoms with van der Waals surface area (Å²) in [6, 6.07) is 18.1. The first kappa shape index (κ1) is 23.7. The van der Waals surface area contributed by atoms with Gasteiger partial charge in [-0.3, -0.25) is 9.69 Å². The van der Waals surface area contributed by atoms with Crippen LogP contribution in [0.25, 0.3) is 10.9 Å². The molecule has 2 aliphatic rings. The number of aromatic nitrogens is 5. The molecule has 3 heterocycles. The number of hydrogen-bond acceptors (Lipinski definition) is 7. The smallest absolute Gasteiger partial charge is 0.253 e. The number of methoxy groups -OCH3 is 1. The summed E-state index contributed by atoms with van der Waals surface area (Å²) < 4.78 is 7.45. The molecule has 9 heteroatoms. The third-order valence-electron chi connectivity index (χ3n) is 7.86. The van der Waals surface area contributed by atoms with Crippen molar-refractivity contribution in [2.45, 2.75) is 44.2 Å². The molecule has 1 atom stereocenters. The third kappa shape index (κ3) is 4.71. The second-order valence-electron chi connectivity index (χ2n) is 10.0. The highest BCUT2D eigenvalue weighted by atomic mass is 16.5. The molecule has 6 rings (SSSR count). The van der Waals surface area contributed by atoms with E-state index in [1.54, 1.807) is 7.11 Å². The first-order chi connectivity index (χ1) is 18.2. The lowest BCUT2D eigenvalue weighted by Crippen LogP contribution is -2.49. The Labute approximate surface area is 216 Å². The molecule has 0 amide bonds. The lowest BCUT2D eigenvalue weighted by molar-refractivity contribution is 0.192. The molecule has 2 fully saturated rings. The number of nitrogens with zero attached hydrogens (tertiary/aromatic N) is 6. The van der Waals surface area contributed by atoms with Crippen LogP contribution in [-0.4, -0.2) is 63.4 Å². The normalized spacial score (nSPS) is 18.2. The number of H-pyrrole nitrogens is 1. The molecule has 2 aromatic heterocycles. The number of benzene rings is 2. The highest BCUT2D eigenvalue weighted by molar-refractivity contribution is 5.80. The predicted octanol–water partition coefficient (Wildman–Crippen LogP) is 3.94. The van der Waals surface area contributed by atoms with Crippen LogP contribution in [0.5, 0.6) is 5.75 Å². The molecule has 0 spiro atoms. The molecular formula is C28H33N7O2. The molecule has 9 nitrogen and oxygen atoms in total. The Morgan fingerprint density at radius 1 is 0.973 bits per heavy atom. The summed E-state index contributed by atoms with van der Waals surface area (Å²) in [7, 11) is 1.65. The molecule has 2 aromatic carbocycles. The van der Waals surface area contributed by atoms with Gasteiger partial charge in [0.25, 0.3) is 5.56 Å². The average molecular weight is 500 g/mol. The molecule has 0 radical (unpaired) electrons. The number of pyridine rings is 1. The molecule has 1 saturated carbocycles. The number of tetrazole rings is 1. The van der Waals surface area contributed by atoms with E-state index in [9.17, 15) is 4.79 Å².